The molecule has 0 saturated carbocycles. The molecule has 1 saturated heterocycles. The van der Waals surface area contributed by atoms with E-state index in [2.05, 4.69) is 10.4 Å². The SMILES string of the molecule is Cn1ncc(N)c1C(=O)NC1(C)CCCOC1. The summed E-state index contributed by atoms with van der Waals surface area (Å²) in [5, 5.41) is 6.93. The predicted molar refractivity (Wildman–Crippen MR) is 63.5 cm³/mol. The number of amides is 1. The number of hydrogen-bond acceptors (Lipinski definition) is 4. The molecule has 3 N–H and O–H groups in total. The van der Waals surface area contributed by atoms with Crippen molar-refractivity contribution in [3.63, 3.8) is 0 Å². The van der Waals surface area contributed by atoms with Crippen molar-refractivity contribution >= 4 is 11.6 Å². The highest BCUT2D eigenvalue weighted by molar-refractivity contribution is 5.97. The van der Waals surface area contributed by atoms with Gasteiger partial charge in [0.05, 0.1) is 24.0 Å². The van der Waals surface area contributed by atoms with Crippen molar-refractivity contribution in [3.05, 3.63) is 11.9 Å². The maximum atomic E-state index is 12.1. The number of nitrogens with one attached hydrogen (secondary N) is 1. The van der Waals surface area contributed by atoms with E-state index in [-0.39, 0.29) is 11.4 Å². The Balaban J connectivity index is 2.11. The standard InChI is InChI=1S/C11H18N4O2/c1-11(4-3-5-17-7-11)14-10(16)9-8(12)6-13-15(9)2/h6H,3-5,7,12H2,1-2H3,(H,14,16). The van der Waals surface area contributed by atoms with Gasteiger partial charge in [0, 0.05) is 13.7 Å². The quantitative estimate of drug-likeness (QED) is 0.776. The van der Waals surface area contributed by atoms with Gasteiger partial charge < -0.3 is 15.8 Å². The number of aromatic nitrogens is 2. The van der Waals surface area contributed by atoms with Crippen LogP contribution in [0, 0.1) is 0 Å². The summed E-state index contributed by atoms with van der Waals surface area (Å²) in [4.78, 5) is 12.1. The molecule has 0 bridgehead atoms. The van der Waals surface area contributed by atoms with Crippen LogP contribution < -0.4 is 11.1 Å². The summed E-state index contributed by atoms with van der Waals surface area (Å²) in [7, 11) is 1.70. The van der Waals surface area contributed by atoms with E-state index in [9.17, 15) is 4.79 Å². The molecule has 1 fully saturated rings. The van der Waals surface area contributed by atoms with Gasteiger partial charge in [0.25, 0.3) is 5.91 Å². The minimum Gasteiger partial charge on any atom is -0.396 e. The fourth-order valence-corrected chi connectivity index (χ4v) is 2.10. The second-order valence-corrected chi connectivity index (χ2v) is 4.74. The Kier molecular flexibility index (Phi) is 3.06. The fraction of sp³-hybridized carbons (Fsp3) is 0.636. The maximum Gasteiger partial charge on any atom is 0.272 e. The predicted octanol–water partition coefficient (Wildman–Crippen LogP) is 0.301. The molecule has 6 heteroatoms. The first-order chi connectivity index (χ1) is 8.02. The summed E-state index contributed by atoms with van der Waals surface area (Å²) in [6.07, 6.45) is 3.35. The summed E-state index contributed by atoms with van der Waals surface area (Å²) in [5.74, 6) is -0.199. The fourth-order valence-electron chi connectivity index (χ4n) is 2.10. The van der Waals surface area contributed by atoms with E-state index in [0.717, 1.165) is 19.4 Å². The molecule has 1 aromatic rings. The molecule has 0 spiro atoms. The van der Waals surface area contributed by atoms with Crippen molar-refractivity contribution in [2.24, 2.45) is 7.05 Å². The Hall–Kier alpha value is -1.56. The van der Waals surface area contributed by atoms with Crippen molar-refractivity contribution in [1.29, 1.82) is 0 Å². The number of ether oxygens (including phenoxy) is 1. The number of nitrogens with zero attached hydrogens (tertiary/aromatic N) is 2. The van der Waals surface area contributed by atoms with E-state index >= 15 is 0 Å². The lowest BCUT2D eigenvalue weighted by Crippen LogP contribution is -2.52. The monoisotopic (exact) mass is 238 g/mol. The molecule has 2 rings (SSSR count). The third-order valence-electron chi connectivity index (χ3n) is 3.04. The van der Waals surface area contributed by atoms with E-state index < -0.39 is 0 Å². The Labute approximate surface area is 100 Å². The third kappa shape index (κ3) is 2.41. The minimum absolute atomic E-state index is 0.199. The van der Waals surface area contributed by atoms with Crippen molar-refractivity contribution in [1.82, 2.24) is 15.1 Å². The molecule has 17 heavy (non-hydrogen) atoms. The second kappa shape index (κ2) is 4.37. The van der Waals surface area contributed by atoms with Crippen LogP contribution in [0.1, 0.15) is 30.3 Å². The molecule has 0 aliphatic carbocycles. The van der Waals surface area contributed by atoms with Crippen molar-refractivity contribution in [2.75, 3.05) is 18.9 Å². The summed E-state index contributed by atoms with van der Waals surface area (Å²) in [6, 6.07) is 0. The van der Waals surface area contributed by atoms with Crippen LogP contribution in [-0.2, 0) is 11.8 Å². The van der Waals surface area contributed by atoms with Gasteiger partial charge in [0.15, 0.2) is 0 Å². The average molecular weight is 238 g/mol. The normalized spacial score (nSPS) is 24.6. The molecular formula is C11H18N4O2. The van der Waals surface area contributed by atoms with E-state index in [0.29, 0.717) is 18.0 Å². The summed E-state index contributed by atoms with van der Waals surface area (Å²) >= 11 is 0. The van der Waals surface area contributed by atoms with Crippen LogP contribution in [0.2, 0.25) is 0 Å². The van der Waals surface area contributed by atoms with Crippen LogP contribution in [0.4, 0.5) is 5.69 Å². The van der Waals surface area contributed by atoms with Gasteiger partial charge in [-0.1, -0.05) is 0 Å². The number of hydrogen-bond donors (Lipinski definition) is 2. The van der Waals surface area contributed by atoms with Crippen LogP contribution in [0.3, 0.4) is 0 Å². The van der Waals surface area contributed by atoms with E-state index in [4.69, 9.17) is 10.5 Å². The Morgan fingerprint density at radius 2 is 2.47 bits per heavy atom. The van der Waals surface area contributed by atoms with Crippen LogP contribution in [0.5, 0.6) is 0 Å². The highest BCUT2D eigenvalue weighted by atomic mass is 16.5. The van der Waals surface area contributed by atoms with Crippen molar-refractivity contribution in [2.45, 2.75) is 25.3 Å². The molecular weight excluding hydrogens is 220 g/mol. The summed E-state index contributed by atoms with van der Waals surface area (Å²) < 4.78 is 6.88. The molecule has 1 aromatic heterocycles. The van der Waals surface area contributed by atoms with E-state index in [1.807, 2.05) is 6.92 Å². The minimum atomic E-state index is -0.313. The zero-order valence-electron chi connectivity index (χ0n) is 10.2. The summed E-state index contributed by atoms with van der Waals surface area (Å²) in [5.41, 5.74) is 6.20. The van der Waals surface area contributed by atoms with E-state index in [1.54, 1.807) is 7.05 Å². The largest absolute Gasteiger partial charge is 0.396 e. The lowest BCUT2D eigenvalue weighted by atomic mass is 9.94. The number of carbonyl (C=O) groups excluding carboxylic acids is 1. The Morgan fingerprint density at radius 1 is 1.71 bits per heavy atom. The highest BCUT2D eigenvalue weighted by Gasteiger charge is 2.31. The topological polar surface area (TPSA) is 82.2 Å². The Bertz CT molecular complexity index is 402. The van der Waals surface area contributed by atoms with Gasteiger partial charge in [-0.25, -0.2) is 0 Å². The lowest BCUT2D eigenvalue weighted by molar-refractivity contribution is 0.0270. The first-order valence-electron chi connectivity index (χ1n) is 5.69. The first kappa shape index (κ1) is 11.9. The number of anilines is 1. The van der Waals surface area contributed by atoms with Crippen LogP contribution in [0.25, 0.3) is 0 Å². The van der Waals surface area contributed by atoms with E-state index in [1.165, 1.54) is 10.9 Å². The molecule has 1 unspecified atom stereocenters. The molecule has 2 heterocycles. The molecule has 1 amide bonds. The smallest absolute Gasteiger partial charge is 0.272 e. The molecule has 6 nitrogen and oxygen atoms in total. The van der Waals surface area contributed by atoms with Crippen molar-refractivity contribution < 1.29 is 9.53 Å². The molecule has 1 aliphatic rings. The average Bonchev–Trinajstić information content (AvgIpc) is 2.58. The number of aryl methyl sites for hydroxylation is 1. The molecule has 94 valence electrons. The maximum absolute atomic E-state index is 12.1. The number of nitrogens with two attached hydrogens (primary N) is 1. The molecule has 0 aromatic carbocycles. The molecule has 1 atom stereocenters. The van der Waals surface area contributed by atoms with Gasteiger partial charge >= 0.3 is 0 Å². The van der Waals surface area contributed by atoms with Gasteiger partial charge in [-0.05, 0) is 19.8 Å². The van der Waals surface area contributed by atoms with Gasteiger partial charge in [-0.2, -0.15) is 5.10 Å². The zero-order valence-corrected chi connectivity index (χ0v) is 10.2. The first-order valence-corrected chi connectivity index (χ1v) is 5.69. The van der Waals surface area contributed by atoms with Gasteiger partial charge in [-0.15, -0.1) is 0 Å². The number of nitrogen functional groups attached to an aromatic ring is 1. The molecule has 1 aliphatic heterocycles. The number of carbonyl (C=O) groups is 1. The zero-order chi connectivity index (χ0) is 12.5. The van der Waals surface area contributed by atoms with Gasteiger partial charge in [0.1, 0.15) is 5.69 Å². The third-order valence-corrected chi connectivity index (χ3v) is 3.04. The van der Waals surface area contributed by atoms with Gasteiger partial charge in [-0.3, -0.25) is 9.48 Å². The lowest BCUT2D eigenvalue weighted by Gasteiger charge is -2.34. The highest BCUT2D eigenvalue weighted by Crippen LogP contribution is 2.19. The van der Waals surface area contributed by atoms with Crippen LogP contribution in [0.15, 0.2) is 6.20 Å². The second-order valence-electron chi connectivity index (χ2n) is 4.74. The Morgan fingerprint density at radius 3 is 3.00 bits per heavy atom. The van der Waals surface area contributed by atoms with Crippen molar-refractivity contribution in [3.8, 4) is 0 Å². The van der Waals surface area contributed by atoms with Gasteiger partial charge in [0.2, 0.25) is 0 Å². The van der Waals surface area contributed by atoms with Crippen LogP contribution in [-0.4, -0.2) is 34.4 Å². The number of rotatable bonds is 2. The van der Waals surface area contributed by atoms with Crippen LogP contribution >= 0.6 is 0 Å². The summed E-state index contributed by atoms with van der Waals surface area (Å²) in [6.45, 7) is 3.28. The molecule has 0 radical (unpaired) electrons.